The van der Waals surface area contributed by atoms with Crippen LogP contribution in [0.3, 0.4) is 0 Å². The van der Waals surface area contributed by atoms with Gasteiger partial charge in [0.2, 0.25) is 11.8 Å². The third kappa shape index (κ3) is 5.14. The highest BCUT2D eigenvalue weighted by Crippen LogP contribution is 2.60. The van der Waals surface area contributed by atoms with Crippen molar-refractivity contribution < 1.29 is 9.59 Å². The number of para-hydroxylation sites is 1. The first-order valence-electron chi connectivity index (χ1n) is 13.5. The van der Waals surface area contributed by atoms with Gasteiger partial charge < -0.3 is 15.2 Å². The number of amides is 2. The second-order valence-corrected chi connectivity index (χ2v) is 13.1. The van der Waals surface area contributed by atoms with E-state index in [0.717, 1.165) is 72.4 Å². The van der Waals surface area contributed by atoms with Crippen molar-refractivity contribution in [3.8, 4) is 0 Å². The predicted molar refractivity (Wildman–Crippen MR) is 146 cm³/mol. The summed E-state index contributed by atoms with van der Waals surface area (Å²) in [5.74, 6) is 3.29. The highest BCUT2D eigenvalue weighted by Gasteiger charge is 2.54. The number of fused-ring (bicyclic) bond motifs is 1. The largest absolute Gasteiger partial charge is 0.348 e. The van der Waals surface area contributed by atoms with Crippen LogP contribution in [-0.2, 0) is 22.7 Å². The van der Waals surface area contributed by atoms with Gasteiger partial charge in [0.15, 0.2) is 16.1 Å². The standard InChI is InChI=1S/C27H34N6O2S2/c1-2-3-8-33-22(15-28-24(35)27-12-17-9-18(13-27)11-19(10-17)14-27)31-32-26(33)36-16-23(34)30-25-29-20-6-4-5-7-21(20)37-25/h4-7,17-19H,2-3,8-16H2,1H3,(H,28,35)(H,29,30,34). The molecular weight excluding hydrogens is 504 g/mol. The van der Waals surface area contributed by atoms with Crippen LogP contribution in [0.2, 0.25) is 0 Å². The van der Waals surface area contributed by atoms with Crippen LogP contribution in [0, 0.1) is 23.2 Å². The lowest BCUT2D eigenvalue weighted by Gasteiger charge is -2.55. The number of hydrogen-bond acceptors (Lipinski definition) is 7. The molecule has 0 saturated heterocycles. The van der Waals surface area contributed by atoms with Gasteiger partial charge in [-0.2, -0.15) is 0 Å². The van der Waals surface area contributed by atoms with E-state index < -0.39 is 0 Å². The molecule has 4 aliphatic carbocycles. The van der Waals surface area contributed by atoms with Gasteiger partial charge in [-0.3, -0.25) is 9.59 Å². The Hall–Kier alpha value is -2.46. The van der Waals surface area contributed by atoms with E-state index >= 15 is 0 Å². The Balaban J connectivity index is 1.08. The quantitative estimate of drug-likeness (QED) is 0.342. The summed E-state index contributed by atoms with van der Waals surface area (Å²) in [6, 6.07) is 7.84. The summed E-state index contributed by atoms with van der Waals surface area (Å²) in [6.45, 7) is 3.31. The molecule has 37 heavy (non-hydrogen) atoms. The molecule has 0 unspecified atom stereocenters. The minimum Gasteiger partial charge on any atom is -0.348 e. The first-order valence-corrected chi connectivity index (χ1v) is 15.3. The Bertz CT molecular complexity index is 1230. The van der Waals surface area contributed by atoms with E-state index in [9.17, 15) is 9.59 Å². The van der Waals surface area contributed by atoms with Crippen LogP contribution in [0.4, 0.5) is 5.13 Å². The van der Waals surface area contributed by atoms with E-state index in [-0.39, 0.29) is 23.0 Å². The van der Waals surface area contributed by atoms with Crippen molar-refractivity contribution in [3.05, 3.63) is 30.1 Å². The van der Waals surface area contributed by atoms with E-state index in [1.165, 1.54) is 42.4 Å². The molecule has 2 N–H and O–H groups in total. The average Bonchev–Trinajstić information content (AvgIpc) is 3.46. The number of aromatic nitrogens is 4. The van der Waals surface area contributed by atoms with E-state index in [1.54, 1.807) is 0 Å². The second kappa shape index (κ2) is 10.4. The maximum absolute atomic E-state index is 13.4. The minimum atomic E-state index is -0.167. The molecule has 7 rings (SSSR count). The lowest BCUT2D eigenvalue weighted by atomic mass is 9.49. The zero-order valence-corrected chi connectivity index (χ0v) is 22.9. The monoisotopic (exact) mass is 538 g/mol. The van der Waals surface area contributed by atoms with E-state index in [2.05, 4.69) is 37.3 Å². The molecule has 0 atom stereocenters. The molecule has 4 bridgehead atoms. The summed E-state index contributed by atoms with van der Waals surface area (Å²) in [4.78, 5) is 30.5. The van der Waals surface area contributed by atoms with Gasteiger partial charge >= 0.3 is 0 Å². The van der Waals surface area contributed by atoms with E-state index in [0.29, 0.717) is 16.8 Å². The molecule has 0 aliphatic heterocycles. The highest BCUT2D eigenvalue weighted by atomic mass is 32.2. The molecule has 8 nitrogen and oxygen atoms in total. The number of rotatable bonds is 10. The van der Waals surface area contributed by atoms with Gasteiger partial charge in [0.05, 0.1) is 22.5 Å². The van der Waals surface area contributed by atoms with Crippen molar-refractivity contribution >= 4 is 50.3 Å². The normalized spacial score (nSPS) is 26.0. The van der Waals surface area contributed by atoms with Crippen molar-refractivity contribution in [3.63, 3.8) is 0 Å². The third-order valence-electron chi connectivity index (χ3n) is 8.33. The zero-order valence-electron chi connectivity index (χ0n) is 21.2. The Morgan fingerprint density at radius 1 is 1.11 bits per heavy atom. The smallest absolute Gasteiger partial charge is 0.236 e. The molecule has 10 heteroatoms. The zero-order chi connectivity index (χ0) is 25.4. The molecule has 0 spiro atoms. The predicted octanol–water partition coefficient (Wildman–Crippen LogP) is 5.25. The molecule has 4 saturated carbocycles. The number of thiazole rings is 1. The maximum Gasteiger partial charge on any atom is 0.236 e. The number of nitrogens with one attached hydrogen (secondary N) is 2. The molecule has 2 heterocycles. The fourth-order valence-corrected chi connectivity index (χ4v) is 8.71. The summed E-state index contributed by atoms with van der Waals surface area (Å²) in [5, 5.41) is 16.3. The number of thioether (sulfide) groups is 1. The molecule has 196 valence electrons. The van der Waals surface area contributed by atoms with Gasteiger partial charge in [-0.25, -0.2) is 4.98 Å². The summed E-state index contributed by atoms with van der Waals surface area (Å²) < 4.78 is 3.11. The van der Waals surface area contributed by atoms with Crippen molar-refractivity contribution in [1.82, 2.24) is 25.1 Å². The Morgan fingerprint density at radius 2 is 1.84 bits per heavy atom. The van der Waals surface area contributed by atoms with Crippen LogP contribution in [-0.4, -0.2) is 37.3 Å². The fraction of sp³-hybridized carbons (Fsp3) is 0.593. The number of benzene rings is 1. The molecule has 4 fully saturated rings. The first-order chi connectivity index (χ1) is 18.0. The number of nitrogens with zero attached hydrogens (tertiary/aromatic N) is 4. The van der Waals surface area contributed by atoms with E-state index in [4.69, 9.17) is 0 Å². The average molecular weight is 539 g/mol. The van der Waals surface area contributed by atoms with Crippen LogP contribution in [0.15, 0.2) is 29.4 Å². The van der Waals surface area contributed by atoms with Crippen molar-refractivity contribution in [2.45, 2.75) is 76.5 Å². The van der Waals surface area contributed by atoms with E-state index in [1.807, 2.05) is 24.3 Å². The van der Waals surface area contributed by atoms with Crippen molar-refractivity contribution in [1.29, 1.82) is 0 Å². The van der Waals surface area contributed by atoms with Crippen LogP contribution in [0.25, 0.3) is 10.2 Å². The van der Waals surface area contributed by atoms with Crippen molar-refractivity contribution in [2.75, 3.05) is 11.1 Å². The number of anilines is 1. The number of unbranched alkanes of at least 4 members (excludes halogenated alkanes) is 1. The van der Waals surface area contributed by atoms with Crippen molar-refractivity contribution in [2.24, 2.45) is 23.2 Å². The SMILES string of the molecule is CCCCn1c(CNC(=O)C23CC4CC(CC(C4)C2)C3)nnc1SCC(=O)Nc1nc2ccccc2s1. The van der Waals surface area contributed by atoms with Crippen LogP contribution >= 0.6 is 23.1 Å². The molecular formula is C27H34N6O2S2. The Kier molecular flexibility index (Phi) is 6.96. The lowest BCUT2D eigenvalue weighted by Crippen LogP contribution is -2.53. The molecule has 4 aliphatic rings. The van der Waals surface area contributed by atoms with Crippen LogP contribution in [0.5, 0.6) is 0 Å². The van der Waals surface area contributed by atoms with Gasteiger partial charge in [0.25, 0.3) is 0 Å². The fourth-order valence-electron chi connectivity index (χ4n) is 7.04. The number of hydrogen-bond donors (Lipinski definition) is 2. The van der Waals surface area contributed by atoms with Gasteiger partial charge in [-0.1, -0.05) is 48.6 Å². The van der Waals surface area contributed by atoms with Gasteiger partial charge in [0, 0.05) is 12.0 Å². The van der Waals surface area contributed by atoms with Gasteiger partial charge in [-0.15, -0.1) is 10.2 Å². The molecule has 2 amide bonds. The number of carbonyl (C=O) groups is 2. The van der Waals surface area contributed by atoms with Crippen LogP contribution in [0.1, 0.15) is 64.1 Å². The Morgan fingerprint density at radius 3 is 2.54 bits per heavy atom. The summed E-state index contributed by atoms with van der Waals surface area (Å²) in [5.41, 5.74) is 0.717. The molecule has 3 aromatic rings. The molecule has 0 radical (unpaired) electrons. The summed E-state index contributed by atoms with van der Waals surface area (Å²) in [7, 11) is 0. The summed E-state index contributed by atoms with van der Waals surface area (Å²) in [6.07, 6.45) is 9.16. The van der Waals surface area contributed by atoms with Gasteiger partial charge in [-0.05, 0) is 74.8 Å². The summed E-state index contributed by atoms with van der Waals surface area (Å²) >= 11 is 2.84. The minimum absolute atomic E-state index is 0.120. The Labute approximate surface area is 225 Å². The molecule has 1 aromatic carbocycles. The highest BCUT2D eigenvalue weighted by molar-refractivity contribution is 7.99. The van der Waals surface area contributed by atoms with Gasteiger partial charge in [0.1, 0.15) is 0 Å². The lowest BCUT2D eigenvalue weighted by molar-refractivity contribution is -0.146. The number of carbonyl (C=O) groups excluding carboxylic acids is 2. The second-order valence-electron chi connectivity index (χ2n) is 11.1. The topological polar surface area (TPSA) is 102 Å². The maximum atomic E-state index is 13.4. The molecule has 2 aromatic heterocycles. The van der Waals surface area contributed by atoms with Crippen LogP contribution < -0.4 is 10.6 Å². The third-order valence-corrected chi connectivity index (χ3v) is 10.2. The first kappa shape index (κ1) is 24.9.